The van der Waals surface area contributed by atoms with Crippen LogP contribution in [0, 0.1) is 10.1 Å². The van der Waals surface area contributed by atoms with Crippen LogP contribution in [0.25, 0.3) is 0 Å². The molecule has 11 heteroatoms. The lowest BCUT2D eigenvalue weighted by molar-refractivity contribution is -0.386. The number of nitrogens with zero attached hydrogens (tertiary/aromatic N) is 1. The van der Waals surface area contributed by atoms with Crippen LogP contribution in [0.15, 0.2) is 18.2 Å². The van der Waals surface area contributed by atoms with Gasteiger partial charge in [-0.3, -0.25) is 25.1 Å². The van der Waals surface area contributed by atoms with Crippen LogP contribution in [0.2, 0.25) is 0 Å². The van der Waals surface area contributed by atoms with Crippen molar-refractivity contribution in [2.75, 3.05) is 0 Å². The summed E-state index contributed by atoms with van der Waals surface area (Å²) in [6.45, 7) is 0. The number of nitrogens with two attached hydrogens (primary N) is 2. The van der Waals surface area contributed by atoms with Crippen molar-refractivity contribution in [1.29, 1.82) is 0 Å². The molecule has 0 heterocycles. The zero-order chi connectivity index (χ0) is 15.5. The van der Waals surface area contributed by atoms with E-state index < -0.39 is 34.3 Å². The smallest absolute Gasteiger partial charge is 0.418 e. The number of hydrogen-bond acceptors (Lipinski definition) is 6. The van der Waals surface area contributed by atoms with Gasteiger partial charge in [0.1, 0.15) is 0 Å². The van der Waals surface area contributed by atoms with Gasteiger partial charge in [0, 0.05) is 11.6 Å². The number of alkyl halides is 2. The molecule has 0 unspecified atom stereocenters. The molecule has 108 valence electrons. The zero-order valence-electron chi connectivity index (χ0n) is 9.63. The number of nitrogens with one attached hydrogen (secondary N) is 1. The van der Waals surface area contributed by atoms with Crippen LogP contribution in [0.5, 0.6) is 5.75 Å². The van der Waals surface area contributed by atoms with Crippen LogP contribution in [-0.4, -0.2) is 22.8 Å². The first-order chi connectivity index (χ1) is 9.19. The molecule has 9 nitrogen and oxygen atoms in total. The average molecular weight is 290 g/mol. The molecule has 2 amide bonds. The Hall–Kier alpha value is -2.82. The van der Waals surface area contributed by atoms with Gasteiger partial charge in [0.05, 0.1) is 4.92 Å². The molecule has 0 saturated heterocycles. The van der Waals surface area contributed by atoms with Crippen molar-refractivity contribution in [2.45, 2.75) is 6.11 Å². The third-order valence-corrected chi connectivity index (χ3v) is 2.07. The quantitative estimate of drug-likeness (QED) is 0.292. The Labute approximate surface area is 109 Å². The van der Waals surface area contributed by atoms with E-state index in [0.29, 0.717) is 6.07 Å². The number of carbonyl (C=O) groups excluding carboxylic acids is 2. The zero-order valence-corrected chi connectivity index (χ0v) is 9.63. The molecule has 1 aromatic carbocycles. The Morgan fingerprint density at radius 1 is 1.40 bits per heavy atom. The van der Waals surface area contributed by atoms with E-state index in [2.05, 4.69) is 10.6 Å². The molecule has 0 saturated carbocycles. The number of hydrogen-bond donors (Lipinski definition) is 3. The van der Waals surface area contributed by atoms with Crippen molar-refractivity contribution < 1.29 is 28.0 Å². The highest BCUT2D eigenvalue weighted by molar-refractivity contribution is 5.93. The lowest BCUT2D eigenvalue weighted by Gasteiger charge is -2.15. The fourth-order valence-corrected chi connectivity index (χ4v) is 1.17. The van der Waals surface area contributed by atoms with Crippen LogP contribution in [-0.2, 0) is 4.79 Å². The van der Waals surface area contributed by atoms with Crippen molar-refractivity contribution in [3.05, 3.63) is 33.9 Å². The molecule has 0 aromatic heterocycles. The van der Waals surface area contributed by atoms with Gasteiger partial charge in [-0.2, -0.15) is 8.78 Å². The van der Waals surface area contributed by atoms with Gasteiger partial charge in [0.15, 0.2) is 0 Å². The monoisotopic (exact) mass is 290 g/mol. The number of amides is 2. The van der Waals surface area contributed by atoms with Crippen molar-refractivity contribution in [3.8, 4) is 5.75 Å². The first kappa shape index (κ1) is 15.2. The number of halogens is 2. The second-order valence-electron chi connectivity index (χ2n) is 3.40. The first-order valence-corrected chi connectivity index (χ1v) is 4.85. The van der Waals surface area contributed by atoms with Crippen molar-refractivity contribution in [1.82, 2.24) is 5.43 Å². The number of benzene rings is 1. The molecule has 0 spiro atoms. The summed E-state index contributed by atoms with van der Waals surface area (Å²) >= 11 is 0. The maximum atomic E-state index is 13.2. The van der Waals surface area contributed by atoms with Gasteiger partial charge in [-0.1, -0.05) is 0 Å². The Morgan fingerprint density at radius 3 is 2.45 bits per heavy atom. The van der Waals surface area contributed by atoms with Crippen LogP contribution >= 0.6 is 0 Å². The number of nitro benzene ring substituents is 1. The molecule has 1 aromatic rings. The van der Waals surface area contributed by atoms with E-state index in [-0.39, 0.29) is 5.56 Å². The summed E-state index contributed by atoms with van der Waals surface area (Å²) in [6, 6.07) is 2.30. The molecule has 20 heavy (non-hydrogen) atoms. The highest BCUT2D eigenvalue weighted by Gasteiger charge is 2.43. The number of primary amides is 1. The molecule has 0 aliphatic heterocycles. The minimum absolute atomic E-state index is 0.282. The molecule has 1 rings (SSSR count). The largest absolute Gasteiger partial charge is 0.483 e. The first-order valence-electron chi connectivity index (χ1n) is 4.85. The molecule has 0 aliphatic rings. The predicted molar refractivity (Wildman–Crippen MR) is 59.5 cm³/mol. The summed E-state index contributed by atoms with van der Waals surface area (Å²) < 4.78 is 30.3. The van der Waals surface area contributed by atoms with E-state index in [1.807, 2.05) is 0 Å². The van der Waals surface area contributed by atoms with E-state index in [9.17, 15) is 28.5 Å². The van der Waals surface area contributed by atoms with Crippen LogP contribution in [0.3, 0.4) is 0 Å². The average Bonchev–Trinajstić information content (AvgIpc) is 2.37. The SMILES string of the molecule is NNC(=O)C(F)(F)Oc1ccc(C(N)=O)cc1[N+](=O)[O-]. The van der Waals surface area contributed by atoms with Crippen molar-refractivity contribution >= 4 is 17.5 Å². The summed E-state index contributed by atoms with van der Waals surface area (Å²) in [7, 11) is 0. The second kappa shape index (κ2) is 5.44. The third kappa shape index (κ3) is 3.14. The Morgan fingerprint density at radius 2 is 2.00 bits per heavy atom. The summed E-state index contributed by atoms with van der Waals surface area (Å²) in [6.07, 6.45) is -4.42. The Bertz CT molecular complexity index is 577. The van der Waals surface area contributed by atoms with Gasteiger partial charge >= 0.3 is 17.7 Å². The number of ether oxygens (including phenoxy) is 1. The number of hydrazine groups is 1. The van der Waals surface area contributed by atoms with Gasteiger partial charge < -0.3 is 10.5 Å². The van der Waals surface area contributed by atoms with Gasteiger partial charge in [0.2, 0.25) is 11.7 Å². The molecular weight excluding hydrogens is 282 g/mol. The third-order valence-electron chi connectivity index (χ3n) is 2.07. The van der Waals surface area contributed by atoms with Gasteiger partial charge in [-0.15, -0.1) is 0 Å². The molecule has 0 fully saturated rings. The van der Waals surface area contributed by atoms with Crippen LogP contribution < -0.4 is 21.7 Å². The van der Waals surface area contributed by atoms with Crippen LogP contribution in [0.4, 0.5) is 14.5 Å². The standard InChI is InChI=1S/C9H8F2N4O5/c10-9(11,8(17)14-13)20-6-2-1-4(7(12)16)3-5(6)15(18)19/h1-3H,13H2,(H2,12,16)(H,14,17). The molecule has 0 bridgehead atoms. The van der Waals surface area contributed by atoms with Gasteiger partial charge in [0.25, 0.3) is 0 Å². The summed E-state index contributed by atoms with van der Waals surface area (Å²) in [5, 5.41) is 10.7. The van der Waals surface area contributed by atoms with Crippen molar-refractivity contribution in [3.63, 3.8) is 0 Å². The predicted octanol–water partition coefficient (Wildman–Crippen LogP) is -0.345. The summed E-state index contributed by atoms with van der Waals surface area (Å²) in [5.74, 6) is 0.607. The minimum Gasteiger partial charge on any atom is -0.418 e. The number of nitro groups is 1. The van der Waals surface area contributed by atoms with Gasteiger partial charge in [-0.05, 0) is 12.1 Å². The normalized spacial score (nSPS) is 10.8. The van der Waals surface area contributed by atoms with E-state index in [1.54, 1.807) is 0 Å². The fourth-order valence-electron chi connectivity index (χ4n) is 1.17. The molecule has 0 atom stereocenters. The molecular formula is C9H8F2N4O5. The van der Waals surface area contributed by atoms with E-state index >= 15 is 0 Å². The Balaban J connectivity index is 3.22. The lowest BCUT2D eigenvalue weighted by Crippen LogP contribution is -2.47. The van der Waals surface area contributed by atoms with E-state index in [4.69, 9.17) is 5.73 Å². The summed E-state index contributed by atoms with van der Waals surface area (Å²) in [5.41, 5.74) is 4.81. The van der Waals surface area contributed by atoms with E-state index in [0.717, 1.165) is 17.6 Å². The second-order valence-corrected chi connectivity index (χ2v) is 3.40. The maximum Gasteiger partial charge on any atom is 0.483 e. The maximum absolute atomic E-state index is 13.2. The van der Waals surface area contributed by atoms with Gasteiger partial charge in [-0.25, -0.2) is 5.84 Å². The number of carbonyl (C=O) groups is 2. The fraction of sp³-hybridized carbons (Fsp3) is 0.111. The summed E-state index contributed by atoms with van der Waals surface area (Å²) in [4.78, 5) is 31.2. The topological polar surface area (TPSA) is 151 Å². The highest BCUT2D eigenvalue weighted by atomic mass is 19.3. The van der Waals surface area contributed by atoms with E-state index in [1.165, 1.54) is 0 Å². The molecule has 5 N–H and O–H groups in total. The minimum atomic E-state index is -4.42. The molecule has 0 radical (unpaired) electrons. The van der Waals surface area contributed by atoms with Crippen molar-refractivity contribution in [2.24, 2.45) is 11.6 Å². The highest BCUT2D eigenvalue weighted by Crippen LogP contribution is 2.32. The molecule has 0 aliphatic carbocycles. The Kier molecular flexibility index (Phi) is 4.14. The van der Waals surface area contributed by atoms with Crippen LogP contribution in [0.1, 0.15) is 10.4 Å². The number of rotatable bonds is 5. The lowest BCUT2D eigenvalue weighted by atomic mass is 10.2.